The van der Waals surface area contributed by atoms with Crippen LogP contribution in [0.2, 0.25) is 0 Å². The van der Waals surface area contributed by atoms with E-state index in [1.54, 1.807) is 54.6 Å². The van der Waals surface area contributed by atoms with E-state index in [-0.39, 0.29) is 6.61 Å². The molecule has 3 aromatic rings. The molecule has 132 valence electrons. The predicted molar refractivity (Wildman–Crippen MR) is 103 cm³/mol. The zero-order chi connectivity index (χ0) is 18.2. The topological polar surface area (TPSA) is 44.8 Å². The van der Waals surface area contributed by atoms with Crippen molar-refractivity contribution in [2.75, 3.05) is 0 Å². The van der Waals surface area contributed by atoms with Crippen LogP contribution in [0.25, 0.3) is 6.08 Å². The van der Waals surface area contributed by atoms with Gasteiger partial charge in [-0.15, -0.1) is 0 Å². The number of hydrogen-bond acceptors (Lipinski definition) is 4. The van der Waals surface area contributed by atoms with Gasteiger partial charge in [0.1, 0.15) is 11.5 Å². The molecular formula is C21H19O4P. The molecule has 0 aliphatic carbocycles. The molecule has 0 bridgehead atoms. The van der Waals surface area contributed by atoms with Crippen LogP contribution in [0.5, 0.6) is 11.5 Å². The van der Waals surface area contributed by atoms with Crippen LogP contribution in [-0.4, -0.2) is 0 Å². The number of para-hydroxylation sites is 2. The molecule has 0 amide bonds. The number of benzene rings is 3. The molecule has 0 radical (unpaired) electrons. The van der Waals surface area contributed by atoms with Crippen molar-refractivity contribution in [1.82, 2.24) is 0 Å². The van der Waals surface area contributed by atoms with E-state index in [1.807, 2.05) is 36.4 Å². The van der Waals surface area contributed by atoms with Gasteiger partial charge in [-0.05, 0) is 35.4 Å². The molecule has 0 unspecified atom stereocenters. The van der Waals surface area contributed by atoms with Gasteiger partial charge in [0.15, 0.2) is 0 Å². The molecule has 3 aromatic carbocycles. The number of phosphoric ester groups is 1. The van der Waals surface area contributed by atoms with Gasteiger partial charge >= 0.3 is 7.82 Å². The Hall–Kier alpha value is -2.81. The second-order valence-electron chi connectivity index (χ2n) is 5.48. The Kier molecular flexibility index (Phi) is 5.90. The summed E-state index contributed by atoms with van der Waals surface area (Å²) in [5, 5.41) is 0. The predicted octanol–water partition coefficient (Wildman–Crippen LogP) is 6.11. The van der Waals surface area contributed by atoms with E-state index < -0.39 is 7.82 Å². The number of hydrogen-bond donors (Lipinski definition) is 0. The molecule has 0 saturated heterocycles. The number of rotatable bonds is 8. The Morgan fingerprint density at radius 2 is 1.27 bits per heavy atom. The molecule has 0 aromatic heterocycles. The highest BCUT2D eigenvalue weighted by atomic mass is 31.2. The van der Waals surface area contributed by atoms with Crippen LogP contribution in [0.3, 0.4) is 0 Å². The largest absolute Gasteiger partial charge is 0.587 e. The SMILES string of the molecule is C=Cc1ccc(COP(=O)(Oc2ccccc2)Oc2ccccc2)cc1. The van der Waals surface area contributed by atoms with Crippen molar-refractivity contribution in [1.29, 1.82) is 0 Å². The minimum absolute atomic E-state index is 0.0916. The molecule has 0 saturated carbocycles. The highest BCUT2D eigenvalue weighted by Crippen LogP contribution is 2.50. The summed E-state index contributed by atoms with van der Waals surface area (Å²) in [4.78, 5) is 0. The van der Waals surface area contributed by atoms with Crippen molar-refractivity contribution < 1.29 is 18.1 Å². The smallest absolute Gasteiger partial charge is 0.395 e. The van der Waals surface area contributed by atoms with Gasteiger partial charge in [0.05, 0.1) is 6.61 Å². The Bertz CT molecular complexity index is 831. The maximum absolute atomic E-state index is 13.2. The maximum Gasteiger partial charge on any atom is 0.587 e. The molecule has 0 fully saturated rings. The first-order valence-corrected chi connectivity index (χ1v) is 9.58. The zero-order valence-electron chi connectivity index (χ0n) is 14.2. The Labute approximate surface area is 153 Å². The summed E-state index contributed by atoms with van der Waals surface area (Å²) >= 11 is 0. The third kappa shape index (κ3) is 5.09. The summed E-state index contributed by atoms with van der Waals surface area (Å²) in [6.45, 7) is 3.82. The molecule has 0 spiro atoms. The first kappa shape index (κ1) is 18.0. The normalized spacial score (nSPS) is 10.9. The summed E-state index contributed by atoms with van der Waals surface area (Å²) in [5.74, 6) is 0.822. The minimum Gasteiger partial charge on any atom is -0.395 e. The Balaban J connectivity index is 1.77. The molecule has 3 rings (SSSR count). The fourth-order valence-corrected chi connectivity index (χ4v) is 3.41. The van der Waals surface area contributed by atoms with Crippen molar-refractivity contribution in [2.24, 2.45) is 0 Å². The summed E-state index contributed by atoms with van der Waals surface area (Å²) < 4.78 is 29.9. The van der Waals surface area contributed by atoms with Crippen LogP contribution in [-0.2, 0) is 15.7 Å². The van der Waals surface area contributed by atoms with E-state index in [0.29, 0.717) is 11.5 Å². The van der Waals surface area contributed by atoms with Crippen LogP contribution in [0.1, 0.15) is 11.1 Å². The van der Waals surface area contributed by atoms with E-state index in [4.69, 9.17) is 13.6 Å². The van der Waals surface area contributed by atoms with Gasteiger partial charge in [-0.25, -0.2) is 4.57 Å². The summed E-state index contributed by atoms with van der Waals surface area (Å²) in [6.07, 6.45) is 1.76. The Morgan fingerprint density at radius 3 is 1.73 bits per heavy atom. The Morgan fingerprint density at radius 1 is 0.769 bits per heavy atom. The summed E-state index contributed by atoms with van der Waals surface area (Å²) in [6, 6.07) is 25.2. The van der Waals surface area contributed by atoms with Crippen molar-refractivity contribution in [3.8, 4) is 11.5 Å². The fourth-order valence-electron chi connectivity index (χ4n) is 2.20. The molecule has 0 atom stereocenters. The first-order chi connectivity index (χ1) is 12.7. The monoisotopic (exact) mass is 366 g/mol. The fraction of sp³-hybridized carbons (Fsp3) is 0.0476. The van der Waals surface area contributed by atoms with Crippen LogP contribution in [0, 0.1) is 0 Å². The molecule has 0 heterocycles. The lowest BCUT2D eigenvalue weighted by Gasteiger charge is -2.19. The van der Waals surface area contributed by atoms with Crippen LogP contribution >= 0.6 is 7.82 Å². The molecular weight excluding hydrogens is 347 g/mol. The van der Waals surface area contributed by atoms with E-state index in [2.05, 4.69) is 6.58 Å². The van der Waals surface area contributed by atoms with Crippen molar-refractivity contribution in [2.45, 2.75) is 6.61 Å². The first-order valence-electron chi connectivity index (χ1n) is 8.12. The van der Waals surface area contributed by atoms with Crippen molar-refractivity contribution in [3.63, 3.8) is 0 Å². The lowest BCUT2D eigenvalue weighted by atomic mass is 10.1. The molecule has 0 N–H and O–H groups in total. The highest BCUT2D eigenvalue weighted by Gasteiger charge is 2.31. The van der Waals surface area contributed by atoms with Gasteiger partial charge < -0.3 is 9.05 Å². The maximum atomic E-state index is 13.2. The van der Waals surface area contributed by atoms with E-state index >= 15 is 0 Å². The van der Waals surface area contributed by atoms with Crippen LogP contribution in [0.4, 0.5) is 0 Å². The second kappa shape index (κ2) is 8.52. The number of phosphoric acid groups is 1. The lowest BCUT2D eigenvalue weighted by Crippen LogP contribution is -2.05. The zero-order valence-corrected chi connectivity index (χ0v) is 15.0. The van der Waals surface area contributed by atoms with Gasteiger partial charge in [-0.3, -0.25) is 4.52 Å². The molecule has 0 aliphatic rings. The average Bonchev–Trinajstić information content (AvgIpc) is 2.68. The van der Waals surface area contributed by atoms with Gasteiger partial charge in [-0.1, -0.05) is 73.3 Å². The highest BCUT2D eigenvalue weighted by molar-refractivity contribution is 7.49. The minimum atomic E-state index is -3.87. The van der Waals surface area contributed by atoms with E-state index in [1.165, 1.54) is 0 Å². The average molecular weight is 366 g/mol. The molecule has 0 aliphatic heterocycles. The van der Waals surface area contributed by atoms with E-state index in [9.17, 15) is 4.57 Å². The second-order valence-corrected chi connectivity index (χ2v) is 6.99. The van der Waals surface area contributed by atoms with E-state index in [0.717, 1.165) is 11.1 Å². The lowest BCUT2D eigenvalue weighted by molar-refractivity contribution is 0.201. The quantitative estimate of drug-likeness (QED) is 0.451. The van der Waals surface area contributed by atoms with Crippen molar-refractivity contribution in [3.05, 3.63) is 103 Å². The third-order valence-corrected chi connectivity index (χ3v) is 4.84. The van der Waals surface area contributed by atoms with Crippen LogP contribution in [0.15, 0.2) is 91.5 Å². The van der Waals surface area contributed by atoms with Gasteiger partial charge in [0.25, 0.3) is 0 Å². The van der Waals surface area contributed by atoms with Crippen LogP contribution < -0.4 is 9.05 Å². The van der Waals surface area contributed by atoms with Crippen molar-refractivity contribution >= 4 is 13.9 Å². The summed E-state index contributed by atoms with van der Waals surface area (Å²) in [5.41, 5.74) is 1.85. The molecule has 4 nitrogen and oxygen atoms in total. The van der Waals surface area contributed by atoms with Gasteiger partial charge in [0.2, 0.25) is 0 Å². The van der Waals surface area contributed by atoms with Gasteiger partial charge in [0, 0.05) is 0 Å². The van der Waals surface area contributed by atoms with Gasteiger partial charge in [-0.2, -0.15) is 0 Å². The molecule has 5 heteroatoms. The summed E-state index contributed by atoms with van der Waals surface area (Å²) in [7, 11) is -3.87. The molecule has 26 heavy (non-hydrogen) atoms. The standard InChI is InChI=1S/C21H19O4P/c1-2-18-13-15-19(16-14-18)17-23-26(22,24-20-9-5-3-6-10-20)25-21-11-7-4-8-12-21/h2-16H,1,17H2. The third-order valence-electron chi connectivity index (χ3n) is 3.53.